The summed E-state index contributed by atoms with van der Waals surface area (Å²) in [6.07, 6.45) is 1.87. The van der Waals surface area contributed by atoms with Crippen molar-refractivity contribution in [2.24, 2.45) is 5.10 Å². The fourth-order valence-corrected chi connectivity index (χ4v) is 3.48. The monoisotopic (exact) mass is 411 g/mol. The highest BCUT2D eigenvalue weighted by Crippen LogP contribution is 2.26. The van der Waals surface area contributed by atoms with E-state index in [0.717, 1.165) is 32.7 Å². The summed E-state index contributed by atoms with van der Waals surface area (Å²) in [6.45, 7) is 4.82. The number of ether oxygens (including phenoxy) is 1. The molecule has 134 valence electrons. The number of rotatable bonds is 6. The molecule has 0 radical (unpaired) electrons. The zero-order valence-electron chi connectivity index (χ0n) is 15.2. The van der Waals surface area contributed by atoms with Crippen molar-refractivity contribution in [3.05, 3.63) is 81.6 Å². The second kappa shape index (κ2) is 8.23. The van der Waals surface area contributed by atoms with Gasteiger partial charge in [-0.25, -0.2) is 0 Å². The van der Waals surface area contributed by atoms with Gasteiger partial charge < -0.3 is 14.7 Å². The lowest BCUT2D eigenvalue weighted by Gasteiger charge is -2.11. The summed E-state index contributed by atoms with van der Waals surface area (Å²) in [5.41, 5.74) is 8.71. The molecule has 3 aromatic rings. The van der Waals surface area contributed by atoms with E-state index in [2.05, 4.69) is 63.1 Å². The van der Waals surface area contributed by atoms with Crippen LogP contribution in [0.4, 0.5) is 0 Å². The average molecular weight is 412 g/mol. The predicted octanol–water partition coefficient (Wildman–Crippen LogP) is 4.99. The first-order chi connectivity index (χ1) is 12.6. The summed E-state index contributed by atoms with van der Waals surface area (Å²) in [5.74, 6) is 0.863. The molecule has 0 spiro atoms. The van der Waals surface area contributed by atoms with Crippen LogP contribution in [-0.2, 0) is 6.54 Å². The lowest BCUT2D eigenvalue weighted by molar-refractivity contribution is 0.408. The van der Waals surface area contributed by atoms with Crippen LogP contribution < -0.4 is 10.2 Å². The summed E-state index contributed by atoms with van der Waals surface area (Å²) in [7, 11) is 1.68. The molecule has 0 fully saturated rings. The minimum atomic E-state index is 0.615. The summed E-state index contributed by atoms with van der Waals surface area (Å²) in [5, 5.41) is 4.39. The van der Waals surface area contributed by atoms with Crippen LogP contribution in [0.5, 0.6) is 5.75 Å². The van der Waals surface area contributed by atoms with Gasteiger partial charge in [0, 0.05) is 27.0 Å². The molecule has 0 saturated heterocycles. The number of nitrogens with zero attached hydrogens (tertiary/aromatic N) is 2. The molecule has 1 heterocycles. The summed E-state index contributed by atoms with van der Waals surface area (Å²) in [6, 6.07) is 18.3. The molecule has 0 saturated carbocycles. The number of hydrazone groups is 1. The number of methoxy groups -OCH3 is 1. The molecule has 0 atom stereocenters. The second-order valence-electron chi connectivity index (χ2n) is 6.02. The Bertz CT molecular complexity index is 931. The number of para-hydroxylation sites is 2. The zero-order chi connectivity index (χ0) is 18.5. The zero-order valence-corrected chi connectivity index (χ0v) is 16.7. The fourth-order valence-electron chi connectivity index (χ4n) is 3.02. The largest absolute Gasteiger partial charge is 0.496 e. The molecule has 1 aromatic heterocycles. The van der Waals surface area contributed by atoms with E-state index in [0.29, 0.717) is 6.54 Å². The van der Waals surface area contributed by atoms with Crippen LogP contribution in [0.2, 0.25) is 0 Å². The van der Waals surface area contributed by atoms with E-state index in [4.69, 9.17) is 4.74 Å². The van der Waals surface area contributed by atoms with Crippen molar-refractivity contribution in [3.8, 4) is 11.4 Å². The number of halogens is 1. The quantitative estimate of drug-likeness (QED) is 0.458. The first-order valence-electron chi connectivity index (χ1n) is 8.43. The van der Waals surface area contributed by atoms with Crippen molar-refractivity contribution in [1.82, 2.24) is 9.99 Å². The van der Waals surface area contributed by atoms with Crippen LogP contribution in [0.3, 0.4) is 0 Å². The Morgan fingerprint density at radius 1 is 1.12 bits per heavy atom. The molecule has 0 unspecified atom stereocenters. The minimum Gasteiger partial charge on any atom is -0.496 e. The topological polar surface area (TPSA) is 38.5 Å². The van der Waals surface area contributed by atoms with Gasteiger partial charge in [-0.2, -0.15) is 5.10 Å². The first-order valence-corrected chi connectivity index (χ1v) is 9.22. The lowest BCUT2D eigenvalue weighted by Crippen LogP contribution is -2.07. The Hall–Kier alpha value is -2.53. The van der Waals surface area contributed by atoms with Crippen LogP contribution in [0.15, 0.2) is 64.2 Å². The van der Waals surface area contributed by atoms with Gasteiger partial charge in [-0.05, 0) is 54.0 Å². The van der Waals surface area contributed by atoms with E-state index in [1.807, 2.05) is 42.6 Å². The third-order valence-electron chi connectivity index (χ3n) is 4.32. The van der Waals surface area contributed by atoms with E-state index < -0.39 is 0 Å². The number of nitrogens with one attached hydrogen (secondary N) is 1. The Balaban J connectivity index is 1.76. The highest BCUT2D eigenvalue weighted by Gasteiger charge is 2.11. The fraction of sp³-hybridized carbons (Fsp3) is 0.190. The molecule has 2 aromatic carbocycles. The van der Waals surface area contributed by atoms with Crippen LogP contribution >= 0.6 is 15.9 Å². The molecule has 3 rings (SSSR count). The molecule has 0 aliphatic rings. The van der Waals surface area contributed by atoms with E-state index in [1.54, 1.807) is 7.11 Å². The molecule has 5 heteroatoms. The highest BCUT2D eigenvalue weighted by molar-refractivity contribution is 9.10. The second-order valence-corrected chi connectivity index (χ2v) is 6.87. The Morgan fingerprint density at radius 3 is 2.62 bits per heavy atom. The van der Waals surface area contributed by atoms with Gasteiger partial charge in [-0.3, -0.25) is 0 Å². The molecule has 1 N–H and O–H groups in total. The Labute approximate surface area is 162 Å². The average Bonchev–Trinajstić information content (AvgIpc) is 2.93. The molecular weight excluding hydrogens is 390 g/mol. The van der Waals surface area contributed by atoms with Crippen molar-refractivity contribution in [1.29, 1.82) is 0 Å². The number of aryl methyl sites for hydroxylation is 1. The number of hydrogen-bond donors (Lipinski definition) is 1. The molecular formula is C21H22BrN3O. The van der Waals surface area contributed by atoms with E-state index in [1.165, 1.54) is 5.69 Å². The molecule has 26 heavy (non-hydrogen) atoms. The SMILES string of the molecule is COc1ccccc1CN/N=C\c1cc(C)n(-c2ccccc2Br)c1C. The Morgan fingerprint density at radius 2 is 1.85 bits per heavy atom. The van der Waals surface area contributed by atoms with Crippen molar-refractivity contribution >= 4 is 22.1 Å². The van der Waals surface area contributed by atoms with Crippen LogP contribution in [0.25, 0.3) is 5.69 Å². The van der Waals surface area contributed by atoms with Gasteiger partial charge in [0.25, 0.3) is 0 Å². The van der Waals surface area contributed by atoms with Gasteiger partial charge in [0.05, 0.1) is 25.6 Å². The Kier molecular flexibility index (Phi) is 5.78. The number of benzene rings is 2. The standard InChI is InChI=1S/C21H22BrN3O/c1-15-12-18(16(2)25(15)20-10-6-5-9-19(20)22)14-24-23-13-17-8-4-7-11-21(17)26-3/h4-12,14,23H,13H2,1-3H3/b24-14-. The maximum atomic E-state index is 5.36. The van der Waals surface area contributed by atoms with Gasteiger partial charge in [0.2, 0.25) is 0 Å². The van der Waals surface area contributed by atoms with Crippen LogP contribution in [0, 0.1) is 13.8 Å². The van der Waals surface area contributed by atoms with Gasteiger partial charge in [0.15, 0.2) is 0 Å². The van der Waals surface area contributed by atoms with E-state index in [-0.39, 0.29) is 0 Å². The molecule has 0 aliphatic heterocycles. The minimum absolute atomic E-state index is 0.615. The predicted molar refractivity (Wildman–Crippen MR) is 110 cm³/mol. The van der Waals surface area contributed by atoms with Crippen molar-refractivity contribution < 1.29 is 4.74 Å². The number of aromatic nitrogens is 1. The summed E-state index contributed by atoms with van der Waals surface area (Å²) >= 11 is 3.64. The third-order valence-corrected chi connectivity index (χ3v) is 4.99. The smallest absolute Gasteiger partial charge is 0.123 e. The van der Waals surface area contributed by atoms with Crippen molar-refractivity contribution in [3.63, 3.8) is 0 Å². The molecule has 0 bridgehead atoms. The molecule has 4 nitrogen and oxygen atoms in total. The lowest BCUT2D eigenvalue weighted by atomic mass is 10.2. The van der Waals surface area contributed by atoms with Gasteiger partial charge in [-0.1, -0.05) is 30.3 Å². The van der Waals surface area contributed by atoms with Crippen molar-refractivity contribution in [2.45, 2.75) is 20.4 Å². The highest BCUT2D eigenvalue weighted by atomic mass is 79.9. The summed E-state index contributed by atoms with van der Waals surface area (Å²) < 4.78 is 8.66. The number of hydrogen-bond acceptors (Lipinski definition) is 3. The molecule has 0 aliphatic carbocycles. The van der Waals surface area contributed by atoms with Crippen molar-refractivity contribution in [2.75, 3.05) is 7.11 Å². The van der Waals surface area contributed by atoms with Crippen LogP contribution in [-0.4, -0.2) is 17.9 Å². The third kappa shape index (κ3) is 3.83. The van der Waals surface area contributed by atoms with Crippen LogP contribution in [0.1, 0.15) is 22.5 Å². The van der Waals surface area contributed by atoms with E-state index >= 15 is 0 Å². The normalized spacial score (nSPS) is 11.1. The maximum absolute atomic E-state index is 5.36. The first kappa shape index (κ1) is 18.3. The molecule has 0 amide bonds. The summed E-state index contributed by atoms with van der Waals surface area (Å²) in [4.78, 5) is 0. The van der Waals surface area contributed by atoms with Gasteiger partial charge in [0.1, 0.15) is 5.75 Å². The van der Waals surface area contributed by atoms with E-state index in [9.17, 15) is 0 Å². The maximum Gasteiger partial charge on any atom is 0.123 e. The van der Waals surface area contributed by atoms with Gasteiger partial charge in [-0.15, -0.1) is 0 Å². The van der Waals surface area contributed by atoms with Gasteiger partial charge >= 0.3 is 0 Å².